The monoisotopic (exact) mass is 322 g/mol. The van der Waals surface area contributed by atoms with Crippen LogP contribution in [0.5, 0.6) is 5.75 Å². The van der Waals surface area contributed by atoms with Gasteiger partial charge < -0.3 is 19.4 Å². The summed E-state index contributed by atoms with van der Waals surface area (Å²) in [5, 5.41) is 3.04. The topological polar surface area (TPSA) is 69.6 Å². The van der Waals surface area contributed by atoms with Crippen molar-refractivity contribution in [3.63, 3.8) is 0 Å². The number of ether oxygens (including phenoxy) is 2. The number of amides is 1. The molecule has 0 spiro atoms. The molecule has 0 saturated heterocycles. The molecular weight excluding hydrogens is 308 g/mol. The normalized spacial score (nSPS) is 10.1. The fraction of sp³-hybridized carbons (Fsp3) is 0.200. The number of hydrogen-bond acceptors (Lipinski definition) is 4. The predicted molar refractivity (Wildman–Crippen MR) is 82.3 cm³/mol. The van der Waals surface area contributed by atoms with Crippen LogP contribution in [-0.4, -0.2) is 30.2 Å². The molecular formula is C15H15ClN2O4. The number of anilines is 1. The molecule has 0 fully saturated rings. The van der Waals surface area contributed by atoms with Crippen molar-refractivity contribution in [2.45, 2.75) is 0 Å². The van der Waals surface area contributed by atoms with Crippen LogP contribution in [0.1, 0.15) is 10.5 Å². The van der Waals surface area contributed by atoms with Gasteiger partial charge in [0.25, 0.3) is 5.91 Å². The number of rotatable bonds is 5. The Morgan fingerprint density at radius 3 is 2.73 bits per heavy atom. The van der Waals surface area contributed by atoms with Crippen LogP contribution in [0.3, 0.4) is 0 Å². The molecule has 7 heteroatoms. The number of aryl methyl sites for hydroxylation is 1. The molecule has 1 amide bonds. The Morgan fingerprint density at radius 1 is 1.32 bits per heavy atom. The second-order valence-corrected chi connectivity index (χ2v) is 4.91. The lowest BCUT2D eigenvalue weighted by Gasteiger charge is -2.11. The van der Waals surface area contributed by atoms with Gasteiger partial charge in [-0.2, -0.15) is 0 Å². The van der Waals surface area contributed by atoms with E-state index >= 15 is 0 Å². The number of halogens is 1. The molecule has 1 heterocycles. The highest BCUT2D eigenvalue weighted by atomic mass is 35.5. The zero-order valence-electron chi connectivity index (χ0n) is 12.1. The third-order valence-corrected chi connectivity index (χ3v) is 3.16. The van der Waals surface area contributed by atoms with E-state index in [4.69, 9.17) is 21.1 Å². The number of nitrogens with zero attached hydrogens (tertiary/aromatic N) is 1. The Bertz CT molecular complexity index is 697. The van der Waals surface area contributed by atoms with Crippen LogP contribution in [0, 0.1) is 0 Å². The Hall–Kier alpha value is -2.47. The zero-order chi connectivity index (χ0) is 16.1. The number of aromatic nitrogens is 1. The van der Waals surface area contributed by atoms with Crippen LogP contribution < -0.4 is 10.1 Å². The maximum atomic E-state index is 11.9. The number of nitrogens with one attached hydrogen (secondary N) is 1. The average Bonchev–Trinajstić information content (AvgIpc) is 2.91. The highest BCUT2D eigenvalue weighted by molar-refractivity contribution is 6.31. The number of esters is 1. The van der Waals surface area contributed by atoms with Crippen molar-refractivity contribution in [1.29, 1.82) is 0 Å². The van der Waals surface area contributed by atoms with Gasteiger partial charge in [-0.05, 0) is 30.3 Å². The summed E-state index contributed by atoms with van der Waals surface area (Å²) in [6, 6.07) is 8.16. The van der Waals surface area contributed by atoms with Crippen LogP contribution in [0.15, 0.2) is 36.5 Å². The summed E-state index contributed by atoms with van der Waals surface area (Å²) < 4.78 is 11.7. The minimum Gasteiger partial charge on any atom is -0.495 e. The molecule has 1 N–H and O–H groups in total. The van der Waals surface area contributed by atoms with E-state index in [1.165, 1.54) is 7.11 Å². The van der Waals surface area contributed by atoms with Gasteiger partial charge in [0.1, 0.15) is 11.4 Å². The first-order valence-electron chi connectivity index (χ1n) is 6.43. The molecule has 0 aliphatic rings. The smallest absolute Gasteiger partial charge is 0.355 e. The average molecular weight is 323 g/mol. The lowest BCUT2D eigenvalue weighted by molar-refractivity contribution is -0.119. The van der Waals surface area contributed by atoms with Gasteiger partial charge in [0.15, 0.2) is 6.61 Å². The summed E-state index contributed by atoms with van der Waals surface area (Å²) in [5.74, 6) is -0.588. The molecule has 0 aliphatic heterocycles. The minimum absolute atomic E-state index is 0.369. The molecule has 0 radical (unpaired) electrons. The second kappa shape index (κ2) is 7.00. The molecule has 2 rings (SSSR count). The molecule has 1 aromatic heterocycles. The maximum absolute atomic E-state index is 11.9. The number of carbonyl (C=O) groups excluding carboxylic acids is 2. The summed E-state index contributed by atoms with van der Waals surface area (Å²) in [6.07, 6.45) is 1.72. The fourth-order valence-electron chi connectivity index (χ4n) is 1.84. The van der Waals surface area contributed by atoms with Gasteiger partial charge in [0, 0.05) is 18.3 Å². The molecule has 0 saturated carbocycles. The molecule has 116 valence electrons. The molecule has 0 atom stereocenters. The zero-order valence-corrected chi connectivity index (χ0v) is 12.9. The first-order valence-corrected chi connectivity index (χ1v) is 6.81. The van der Waals surface area contributed by atoms with Gasteiger partial charge in [-0.1, -0.05) is 11.6 Å². The number of hydrogen-bond donors (Lipinski definition) is 1. The number of methoxy groups -OCH3 is 1. The maximum Gasteiger partial charge on any atom is 0.355 e. The van der Waals surface area contributed by atoms with Gasteiger partial charge in [0.05, 0.1) is 12.8 Å². The molecule has 6 nitrogen and oxygen atoms in total. The summed E-state index contributed by atoms with van der Waals surface area (Å²) in [7, 11) is 3.20. The van der Waals surface area contributed by atoms with E-state index in [2.05, 4.69) is 5.32 Å². The van der Waals surface area contributed by atoms with Crippen molar-refractivity contribution in [3.05, 3.63) is 47.2 Å². The van der Waals surface area contributed by atoms with E-state index in [1.54, 1.807) is 48.1 Å². The number of benzene rings is 1. The second-order valence-electron chi connectivity index (χ2n) is 4.47. The fourth-order valence-corrected chi connectivity index (χ4v) is 2.01. The predicted octanol–water partition coefficient (Wildman–Crippen LogP) is 2.48. The molecule has 22 heavy (non-hydrogen) atoms. The van der Waals surface area contributed by atoms with Crippen LogP contribution in [-0.2, 0) is 16.6 Å². The minimum atomic E-state index is -0.569. The Labute approximate surface area is 132 Å². The Morgan fingerprint density at radius 2 is 2.09 bits per heavy atom. The first-order chi connectivity index (χ1) is 10.5. The van der Waals surface area contributed by atoms with Crippen molar-refractivity contribution in [2.75, 3.05) is 19.0 Å². The van der Waals surface area contributed by atoms with E-state index in [9.17, 15) is 9.59 Å². The van der Waals surface area contributed by atoms with E-state index in [1.807, 2.05) is 0 Å². The quantitative estimate of drug-likeness (QED) is 0.859. The molecule has 2 aromatic rings. The van der Waals surface area contributed by atoms with Crippen molar-refractivity contribution in [1.82, 2.24) is 4.57 Å². The van der Waals surface area contributed by atoms with Gasteiger partial charge >= 0.3 is 5.97 Å². The van der Waals surface area contributed by atoms with Crippen LogP contribution >= 0.6 is 11.6 Å². The molecule has 0 aliphatic carbocycles. The van der Waals surface area contributed by atoms with Crippen molar-refractivity contribution < 1.29 is 19.1 Å². The van der Waals surface area contributed by atoms with Gasteiger partial charge in [0.2, 0.25) is 0 Å². The Balaban J connectivity index is 1.95. The van der Waals surface area contributed by atoms with Gasteiger partial charge in [-0.15, -0.1) is 0 Å². The number of carbonyl (C=O) groups is 2. The largest absolute Gasteiger partial charge is 0.495 e. The molecule has 0 unspecified atom stereocenters. The summed E-state index contributed by atoms with van der Waals surface area (Å²) >= 11 is 5.87. The highest BCUT2D eigenvalue weighted by Gasteiger charge is 2.14. The third kappa shape index (κ3) is 3.79. The lowest BCUT2D eigenvalue weighted by Crippen LogP contribution is -2.22. The van der Waals surface area contributed by atoms with E-state index < -0.39 is 18.5 Å². The summed E-state index contributed by atoms with van der Waals surface area (Å²) in [4.78, 5) is 23.6. The third-order valence-electron chi connectivity index (χ3n) is 2.92. The van der Waals surface area contributed by atoms with Gasteiger partial charge in [-0.25, -0.2) is 4.79 Å². The van der Waals surface area contributed by atoms with Crippen molar-refractivity contribution >= 4 is 29.2 Å². The van der Waals surface area contributed by atoms with Crippen molar-refractivity contribution in [3.8, 4) is 5.75 Å². The van der Waals surface area contributed by atoms with Gasteiger partial charge in [-0.3, -0.25) is 4.79 Å². The van der Waals surface area contributed by atoms with E-state index in [-0.39, 0.29) is 0 Å². The first kappa shape index (κ1) is 15.9. The van der Waals surface area contributed by atoms with Crippen LogP contribution in [0.2, 0.25) is 5.02 Å². The van der Waals surface area contributed by atoms with Crippen LogP contribution in [0.4, 0.5) is 5.69 Å². The summed E-state index contributed by atoms with van der Waals surface area (Å²) in [6.45, 7) is -0.403. The Kier molecular flexibility index (Phi) is 5.06. The molecule has 1 aromatic carbocycles. The van der Waals surface area contributed by atoms with Crippen molar-refractivity contribution in [2.24, 2.45) is 7.05 Å². The standard InChI is InChI=1S/C15H15ClN2O4/c1-18-7-3-4-12(18)15(20)22-9-14(19)17-11-8-10(16)5-6-13(11)21-2/h3-8H,9H2,1-2H3,(H,17,19). The van der Waals surface area contributed by atoms with Crippen LogP contribution in [0.25, 0.3) is 0 Å². The molecule has 0 bridgehead atoms. The van der Waals surface area contributed by atoms with E-state index in [0.29, 0.717) is 22.2 Å². The SMILES string of the molecule is COc1ccc(Cl)cc1NC(=O)COC(=O)c1cccn1C. The lowest BCUT2D eigenvalue weighted by atomic mass is 10.3. The van der Waals surface area contributed by atoms with E-state index in [0.717, 1.165) is 0 Å². The highest BCUT2D eigenvalue weighted by Crippen LogP contribution is 2.27. The summed E-state index contributed by atoms with van der Waals surface area (Å²) in [5.41, 5.74) is 0.781.